The lowest BCUT2D eigenvalue weighted by atomic mass is 9.87. The van der Waals surface area contributed by atoms with Gasteiger partial charge in [0.1, 0.15) is 11.4 Å². The predicted octanol–water partition coefficient (Wildman–Crippen LogP) is 5.11. The fourth-order valence-electron chi connectivity index (χ4n) is 3.44. The summed E-state index contributed by atoms with van der Waals surface area (Å²) in [7, 11) is 0. The van der Waals surface area contributed by atoms with Crippen molar-refractivity contribution in [2.24, 2.45) is 5.92 Å². The van der Waals surface area contributed by atoms with E-state index in [-0.39, 0.29) is 0 Å². The van der Waals surface area contributed by atoms with Gasteiger partial charge in [-0.05, 0) is 56.6 Å². The van der Waals surface area contributed by atoms with Gasteiger partial charge in [0.05, 0.1) is 6.26 Å². The Hall–Kier alpha value is -1.20. The zero-order valence-electron chi connectivity index (χ0n) is 13.9. The Kier molecular flexibility index (Phi) is 7.06. The molecule has 1 aromatic heterocycles. The van der Waals surface area contributed by atoms with Crippen LogP contribution in [0, 0.1) is 17.8 Å². The smallest absolute Gasteiger partial charge is 0.128 e. The molecule has 1 aliphatic rings. The van der Waals surface area contributed by atoms with Gasteiger partial charge in [-0.1, -0.05) is 32.1 Å². The lowest BCUT2D eigenvalue weighted by Gasteiger charge is -2.24. The van der Waals surface area contributed by atoms with Crippen molar-refractivity contribution in [2.45, 2.75) is 83.2 Å². The number of furan rings is 1. The van der Waals surface area contributed by atoms with Crippen LogP contribution in [0.3, 0.4) is 0 Å². The second kappa shape index (κ2) is 9.06. The highest BCUT2D eigenvalue weighted by atomic mass is 16.3. The molecular formula is C20H30O2. The fraction of sp³-hybridized carbons (Fsp3) is 0.700. The molecule has 0 radical (unpaired) electrons. The van der Waals surface area contributed by atoms with Crippen LogP contribution in [-0.2, 0) is 6.42 Å². The average Bonchev–Trinajstić information content (AvgIpc) is 3.14. The second-order valence-electron chi connectivity index (χ2n) is 6.60. The summed E-state index contributed by atoms with van der Waals surface area (Å²) in [5.41, 5.74) is -0.728. The van der Waals surface area contributed by atoms with Gasteiger partial charge < -0.3 is 9.52 Å². The van der Waals surface area contributed by atoms with E-state index in [9.17, 15) is 5.11 Å². The fourth-order valence-corrected chi connectivity index (χ4v) is 3.44. The lowest BCUT2D eigenvalue weighted by Crippen LogP contribution is -2.31. The van der Waals surface area contributed by atoms with Crippen LogP contribution in [0.2, 0.25) is 0 Å². The maximum absolute atomic E-state index is 10.8. The molecule has 1 aromatic rings. The van der Waals surface area contributed by atoms with Crippen molar-refractivity contribution in [3.05, 3.63) is 24.2 Å². The molecule has 1 N–H and O–H groups in total. The van der Waals surface area contributed by atoms with Gasteiger partial charge in [-0.2, -0.15) is 0 Å². The Bertz CT molecular complexity index is 466. The average molecular weight is 302 g/mol. The summed E-state index contributed by atoms with van der Waals surface area (Å²) in [6, 6.07) is 3.96. The second-order valence-corrected chi connectivity index (χ2v) is 6.60. The Balaban J connectivity index is 1.74. The van der Waals surface area contributed by atoms with Gasteiger partial charge in [0, 0.05) is 12.8 Å². The van der Waals surface area contributed by atoms with Crippen molar-refractivity contribution < 1.29 is 9.52 Å². The Morgan fingerprint density at radius 1 is 1.32 bits per heavy atom. The summed E-state index contributed by atoms with van der Waals surface area (Å²) in [6.07, 6.45) is 13.8. The van der Waals surface area contributed by atoms with Crippen LogP contribution in [0.5, 0.6) is 0 Å². The molecule has 1 saturated carbocycles. The van der Waals surface area contributed by atoms with E-state index in [0.717, 1.165) is 50.7 Å². The van der Waals surface area contributed by atoms with Crippen LogP contribution in [0.4, 0.5) is 0 Å². The molecule has 0 amide bonds. The summed E-state index contributed by atoms with van der Waals surface area (Å²) < 4.78 is 5.37. The van der Waals surface area contributed by atoms with Crippen LogP contribution < -0.4 is 0 Å². The quantitative estimate of drug-likeness (QED) is 0.535. The van der Waals surface area contributed by atoms with Gasteiger partial charge in [0.15, 0.2) is 0 Å². The van der Waals surface area contributed by atoms with E-state index in [1.165, 1.54) is 25.7 Å². The third-order valence-corrected chi connectivity index (χ3v) is 4.80. The molecular weight excluding hydrogens is 272 g/mol. The van der Waals surface area contributed by atoms with Gasteiger partial charge in [0.2, 0.25) is 0 Å². The summed E-state index contributed by atoms with van der Waals surface area (Å²) in [5.74, 6) is 7.84. The topological polar surface area (TPSA) is 33.4 Å². The number of aryl methyl sites for hydroxylation is 1. The van der Waals surface area contributed by atoms with Crippen molar-refractivity contribution in [3.63, 3.8) is 0 Å². The highest BCUT2D eigenvalue weighted by molar-refractivity contribution is 5.18. The first-order chi connectivity index (χ1) is 10.7. The van der Waals surface area contributed by atoms with Gasteiger partial charge >= 0.3 is 0 Å². The SMILES string of the molecule is CCCCCCC#CC1(O)CCCC1CCCc1ccco1. The van der Waals surface area contributed by atoms with E-state index < -0.39 is 5.60 Å². The van der Waals surface area contributed by atoms with Crippen molar-refractivity contribution in [2.75, 3.05) is 0 Å². The maximum Gasteiger partial charge on any atom is 0.128 e. The molecule has 1 fully saturated rings. The van der Waals surface area contributed by atoms with Crippen LogP contribution in [0.1, 0.15) is 76.9 Å². The standard InChI is InChI=1S/C20H30O2/c1-2-3-4-5-6-7-15-20(21)16-9-12-18(20)11-8-13-19-14-10-17-22-19/h10,14,17-18,21H,2-6,8-9,11-13,16H2,1H3. The van der Waals surface area contributed by atoms with E-state index in [1.54, 1.807) is 6.26 Å². The molecule has 2 nitrogen and oxygen atoms in total. The molecule has 2 unspecified atom stereocenters. The lowest BCUT2D eigenvalue weighted by molar-refractivity contribution is 0.0560. The molecule has 1 heterocycles. The largest absolute Gasteiger partial charge is 0.469 e. The van der Waals surface area contributed by atoms with Crippen molar-refractivity contribution >= 4 is 0 Å². The van der Waals surface area contributed by atoms with E-state index in [2.05, 4.69) is 18.8 Å². The first kappa shape index (κ1) is 17.2. The van der Waals surface area contributed by atoms with Crippen molar-refractivity contribution in [1.82, 2.24) is 0 Å². The molecule has 2 rings (SSSR count). The first-order valence-electron chi connectivity index (χ1n) is 8.99. The molecule has 2 heteroatoms. The monoisotopic (exact) mass is 302 g/mol. The minimum atomic E-state index is -0.728. The van der Waals surface area contributed by atoms with Gasteiger partial charge in [-0.3, -0.25) is 0 Å². The molecule has 122 valence electrons. The Morgan fingerprint density at radius 2 is 2.23 bits per heavy atom. The molecule has 0 spiro atoms. The van der Waals surface area contributed by atoms with Gasteiger partial charge in [-0.25, -0.2) is 0 Å². The van der Waals surface area contributed by atoms with E-state index >= 15 is 0 Å². The van der Waals surface area contributed by atoms with E-state index in [4.69, 9.17) is 4.42 Å². The summed E-state index contributed by atoms with van der Waals surface area (Å²) >= 11 is 0. The minimum Gasteiger partial charge on any atom is -0.469 e. The van der Waals surface area contributed by atoms with Crippen molar-refractivity contribution in [1.29, 1.82) is 0 Å². The normalized spacial score (nSPS) is 24.2. The molecule has 1 aliphatic carbocycles. The van der Waals surface area contributed by atoms with Crippen LogP contribution >= 0.6 is 0 Å². The van der Waals surface area contributed by atoms with Crippen molar-refractivity contribution in [3.8, 4) is 11.8 Å². The van der Waals surface area contributed by atoms with E-state index in [0.29, 0.717) is 5.92 Å². The van der Waals surface area contributed by atoms with Crippen LogP contribution in [-0.4, -0.2) is 10.7 Å². The zero-order chi connectivity index (χ0) is 15.7. The molecule has 2 atom stereocenters. The molecule has 0 bridgehead atoms. The number of hydrogen-bond donors (Lipinski definition) is 1. The number of hydrogen-bond acceptors (Lipinski definition) is 2. The predicted molar refractivity (Wildman–Crippen MR) is 90.5 cm³/mol. The molecule has 0 saturated heterocycles. The highest BCUT2D eigenvalue weighted by Gasteiger charge is 2.39. The van der Waals surface area contributed by atoms with Crippen LogP contribution in [0.15, 0.2) is 22.8 Å². The zero-order valence-corrected chi connectivity index (χ0v) is 13.9. The van der Waals surface area contributed by atoms with Gasteiger partial charge in [0.25, 0.3) is 0 Å². The summed E-state index contributed by atoms with van der Waals surface area (Å²) in [5, 5.41) is 10.8. The van der Waals surface area contributed by atoms with Gasteiger partial charge in [-0.15, -0.1) is 5.92 Å². The third kappa shape index (κ3) is 5.21. The highest BCUT2D eigenvalue weighted by Crippen LogP contribution is 2.38. The Labute approximate surface area is 135 Å². The Morgan fingerprint density at radius 3 is 3.00 bits per heavy atom. The minimum absolute atomic E-state index is 0.339. The molecule has 0 aliphatic heterocycles. The number of unbranched alkanes of at least 4 members (excludes halogenated alkanes) is 4. The first-order valence-corrected chi connectivity index (χ1v) is 8.99. The van der Waals surface area contributed by atoms with Crippen LogP contribution in [0.25, 0.3) is 0 Å². The van der Waals surface area contributed by atoms with E-state index in [1.807, 2.05) is 12.1 Å². The molecule has 22 heavy (non-hydrogen) atoms. The number of aliphatic hydroxyl groups is 1. The summed E-state index contributed by atoms with van der Waals surface area (Å²) in [6.45, 7) is 2.22. The molecule has 0 aromatic carbocycles. The summed E-state index contributed by atoms with van der Waals surface area (Å²) in [4.78, 5) is 0. The number of rotatable bonds is 8. The maximum atomic E-state index is 10.8. The third-order valence-electron chi connectivity index (χ3n) is 4.80.